The lowest BCUT2D eigenvalue weighted by Gasteiger charge is -2.45. The third-order valence-corrected chi connectivity index (χ3v) is 12.9. The lowest BCUT2D eigenvalue weighted by atomic mass is 9.70. The van der Waals surface area contributed by atoms with Gasteiger partial charge in [-0.05, 0) is 33.4 Å². The summed E-state index contributed by atoms with van der Waals surface area (Å²) in [6.07, 6.45) is 0. The molecule has 3 aromatic rings. The average molecular weight is 666 g/mol. The minimum atomic E-state index is -1.02. The van der Waals surface area contributed by atoms with Crippen LogP contribution < -0.4 is 0 Å². The summed E-state index contributed by atoms with van der Waals surface area (Å²) in [7, 11) is 0. The van der Waals surface area contributed by atoms with Crippen LogP contribution in [0.5, 0.6) is 0 Å². The first-order valence-corrected chi connectivity index (χ1v) is 12.7. The number of fused-ring (bicyclic) bond motifs is 9. The molecule has 6 rings (SSSR count). The number of rotatable bonds is 3. The number of halogens is 3. The fourth-order valence-corrected chi connectivity index (χ4v) is 11.1. The average Bonchev–Trinajstić information content (AvgIpc) is 3.18. The first-order chi connectivity index (χ1) is 16.3. The fraction of sp³-hybridized carbons (Fsp3) is 0.217. The summed E-state index contributed by atoms with van der Waals surface area (Å²) in [5.41, 5.74) is 2.86. The number of alkyl halides is 3. The van der Waals surface area contributed by atoms with Gasteiger partial charge in [-0.3, -0.25) is 30.3 Å². The molecule has 0 bridgehead atoms. The van der Waals surface area contributed by atoms with Gasteiger partial charge >= 0.3 is 0 Å². The molecule has 0 radical (unpaired) electrons. The SMILES string of the molecule is CC12C3(Br)c4ccc([N+](=O)[O-])cc4C1(Br)c1ccc([N+](=O)[O-])cc1C2(Br)c1ccc([N+](=O)[O-])cc13. The van der Waals surface area contributed by atoms with E-state index in [2.05, 4.69) is 47.8 Å². The maximum Gasteiger partial charge on any atom is 0.269 e. The van der Waals surface area contributed by atoms with Crippen LogP contribution in [0, 0.1) is 35.8 Å². The van der Waals surface area contributed by atoms with Gasteiger partial charge < -0.3 is 0 Å². The van der Waals surface area contributed by atoms with Gasteiger partial charge in [0.15, 0.2) is 0 Å². The smallest absolute Gasteiger partial charge is 0.258 e. The van der Waals surface area contributed by atoms with Crippen LogP contribution in [-0.2, 0) is 13.0 Å². The molecule has 12 heteroatoms. The van der Waals surface area contributed by atoms with E-state index < -0.39 is 33.2 Å². The number of non-ortho nitro benzene ring substituents is 3. The third-order valence-electron chi connectivity index (χ3n) is 7.94. The summed E-state index contributed by atoms with van der Waals surface area (Å²) in [5.74, 6) is 0. The van der Waals surface area contributed by atoms with Gasteiger partial charge in [0.05, 0.1) is 27.7 Å². The zero-order valence-corrected chi connectivity index (χ0v) is 22.4. The van der Waals surface area contributed by atoms with E-state index in [0.717, 1.165) is 16.7 Å². The monoisotopic (exact) mass is 663 g/mol. The minimum absolute atomic E-state index is 0.1000. The summed E-state index contributed by atoms with van der Waals surface area (Å²) in [6.45, 7) is 1.98. The van der Waals surface area contributed by atoms with Crippen molar-refractivity contribution < 1.29 is 14.8 Å². The van der Waals surface area contributed by atoms with Crippen molar-refractivity contribution in [3.05, 3.63) is 118 Å². The number of hydrogen-bond acceptors (Lipinski definition) is 6. The number of nitro groups is 3. The first-order valence-electron chi connectivity index (χ1n) is 10.3. The molecule has 3 aliphatic rings. The summed E-state index contributed by atoms with van der Waals surface area (Å²) >= 11 is 11.9. The van der Waals surface area contributed by atoms with Crippen molar-refractivity contribution in [3.63, 3.8) is 0 Å². The highest BCUT2D eigenvalue weighted by Gasteiger charge is 2.83. The molecular weight excluding hydrogens is 654 g/mol. The molecular formula is C23H12Br3N3O6. The Morgan fingerprint density at radius 3 is 1.03 bits per heavy atom. The van der Waals surface area contributed by atoms with Crippen molar-refractivity contribution in [1.82, 2.24) is 0 Å². The third kappa shape index (κ3) is 2.17. The van der Waals surface area contributed by atoms with Gasteiger partial charge in [-0.2, -0.15) is 0 Å². The van der Waals surface area contributed by atoms with Crippen LogP contribution in [0.2, 0.25) is 0 Å². The highest BCUT2D eigenvalue weighted by atomic mass is 79.9. The fourth-order valence-electron chi connectivity index (χ4n) is 6.46. The minimum Gasteiger partial charge on any atom is -0.258 e. The Morgan fingerprint density at radius 2 is 0.800 bits per heavy atom. The molecule has 9 nitrogen and oxygen atoms in total. The van der Waals surface area contributed by atoms with E-state index in [4.69, 9.17) is 0 Å². The Morgan fingerprint density at radius 1 is 0.543 bits per heavy atom. The van der Waals surface area contributed by atoms with Crippen molar-refractivity contribution in [1.29, 1.82) is 0 Å². The van der Waals surface area contributed by atoms with Gasteiger partial charge in [0, 0.05) is 41.8 Å². The normalized spacial score (nSPS) is 30.9. The van der Waals surface area contributed by atoms with Crippen molar-refractivity contribution in [3.8, 4) is 0 Å². The molecule has 0 saturated heterocycles. The lowest BCUT2D eigenvalue weighted by molar-refractivity contribution is -0.385. The molecule has 35 heavy (non-hydrogen) atoms. The van der Waals surface area contributed by atoms with Gasteiger partial charge in [-0.1, -0.05) is 72.9 Å². The second-order valence-electron chi connectivity index (χ2n) is 9.06. The lowest BCUT2D eigenvalue weighted by Crippen LogP contribution is -2.47. The Labute approximate surface area is 222 Å². The van der Waals surface area contributed by atoms with Crippen LogP contribution in [0.15, 0.2) is 54.6 Å². The van der Waals surface area contributed by atoms with Crippen LogP contribution in [0.1, 0.15) is 40.3 Å². The van der Waals surface area contributed by atoms with E-state index in [9.17, 15) is 30.3 Å². The predicted molar refractivity (Wildman–Crippen MR) is 137 cm³/mol. The Bertz CT molecular complexity index is 1400. The van der Waals surface area contributed by atoms with Crippen molar-refractivity contribution in [2.24, 2.45) is 5.41 Å². The molecule has 3 aromatic carbocycles. The summed E-state index contributed by atoms with van der Waals surface area (Å²) in [4.78, 5) is 33.6. The van der Waals surface area contributed by atoms with E-state index in [1.165, 1.54) is 36.4 Å². The van der Waals surface area contributed by atoms with E-state index in [0.29, 0.717) is 16.7 Å². The highest BCUT2D eigenvalue weighted by molar-refractivity contribution is 9.11. The van der Waals surface area contributed by atoms with Crippen LogP contribution in [0.4, 0.5) is 17.1 Å². The predicted octanol–water partition coefficient (Wildman–Crippen LogP) is 6.67. The molecule has 176 valence electrons. The molecule has 3 aliphatic carbocycles. The van der Waals surface area contributed by atoms with Crippen molar-refractivity contribution >= 4 is 64.9 Å². The van der Waals surface area contributed by atoms with Gasteiger partial charge in [0.25, 0.3) is 17.1 Å². The van der Waals surface area contributed by atoms with E-state index in [1.807, 2.05) is 6.92 Å². The zero-order valence-electron chi connectivity index (χ0n) is 17.6. The Balaban J connectivity index is 1.84. The quantitative estimate of drug-likeness (QED) is 0.174. The topological polar surface area (TPSA) is 129 Å². The summed E-state index contributed by atoms with van der Waals surface area (Å²) < 4.78 is -3.06. The van der Waals surface area contributed by atoms with Crippen LogP contribution >= 0.6 is 47.8 Å². The standard InChI is InChI=1S/C23H12Br3N3O6/c1-20-21(24)14-5-2-11(27(30)31)8-17(14)22(20,25)16-7-4-13(29(34)35)10-19(16)23(20,26)15-6-3-12(28(32)33)9-18(15)21/h2-10H,1H3. The zero-order chi connectivity index (χ0) is 25.3. The molecule has 3 unspecified atom stereocenters. The first kappa shape index (κ1) is 22.7. The molecule has 0 fully saturated rings. The number of nitro benzene ring substituents is 3. The second kappa shape index (κ2) is 6.54. The number of nitrogens with zero attached hydrogens (tertiary/aromatic N) is 3. The van der Waals surface area contributed by atoms with Gasteiger partial charge in [-0.15, -0.1) is 0 Å². The second-order valence-corrected chi connectivity index (χ2v) is 12.6. The summed E-state index contributed by atoms with van der Waals surface area (Å²) in [6, 6.07) is 13.8. The van der Waals surface area contributed by atoms with E-state index in [1.54, 1.807) is 18.2 Å². The Kier molecular flexibility index (Phi) is 4.25. The van der Waals surface area contributed by atoms with Crippen LogP contribution in [0.3, 0.4) is 0 Å². The molecule has 0 N–H and O–H groups in total. The number of benzene rings is 3. The molecule has 0 amide bonds. The maximum absolute atomic E-state index is 11.7. The molecule has 0 saturated carbocycles. The van der Waals surface area contributed by atoms with Crippen molar-refractivity contribution in [2.45, 2.75) is 19.9 Å². The van der Waals surface area contributed by atoms with Gasteiger partial charge in [0.2, 0.25) is 0 Å². The van der Waals surface area contributed by atoms with Crippen LogP contribution in [0.25, 0.3) is 0 Å². The van der Waals surface area contributed by atoms with Gasteiger partial charge in [-0.25, -0.2) is 0 Å². The number of hydrogen-bond donors (Lipinski definition) is 0. The molecule has 0 spiro atoms. The van der Waals surface area contributed by atoms with E-state index >= 15 is 0 Å². The summed E-state index contributed by atoms with van der Waals surface area (Å²) in [5, 5.41) is 35.0. The Hall–Kier alpha value is -2.70. The molecule has 0 heterocycles. The van der Waals surface area contributed by atoms with Crippen LogP contribution in [-0.4, -0.2) is 14.8 Å². The maximum atomic E-state index is 11.7. The largest absolute Gasteiger partial charge is 0.269 e. The van der Waals surface area contributed by atoms with Crippen molar-refractivity contribution in [2.75, 3.05) is 0 Å². The highest BCUT2D eigenvalue weighted by Crippen LogP contribution is 2.87. The van der Waals surface area contributed by atoms with E-state index in [-0.39, 0.29) is 17.1 Å². The molecule has 0 aliphatic heterocycles. The van der Waals surface area contributed by atoms with Gasteiger partial charge in [0.1, 0.15) is 0 Å². The molecule has 3 atom stereocenters. The molecule has 0 aromatic heterocycles.